The molecule has 3 N–H and O–H groups in total. The lowest BCUT2D eigenvalue weighted by molar-refractivity contribution is 0.328. The van der Waals surface area contributed by atoms with Crippen LogP contribution >= 0.6 is 0 Å². The second-order valence-corrected chi connectivity index (χ2v) is 6.55. The van der Waals surface area contributed by atoms with Gasteiger partial charge in [0.2, 0.25) is 0 Å². The molecule has 0 heterocycles. The van der Waals surface area contributed by atoms with Crippen molar-refractivity contribution in [2.75, 3.05) is 26.2 Å². The average molecular weight is 278 g/mol. The highest BCUT2D eigenvalue weighted by Gasteiger charge is 2.27. The third-order valence-electron chi connectivity index (χ3n) is 2.56. The molecular formula is C11H26N4O2S. The molecule has 6 nitrogen and oxygen atoms in total. The zero-order valence-electron chi connectivity index (χ0n) is 11.8. The summed E-state index contributed by atoms with van der Waals surface area (Å²) in [4.78, 5) is 0. The molecule has 7 heteroatoms. The Hall–Kier alpha value is -0.660. The summed E-state index contributed by atoms with van der Waals surface area (Å²) in [7, 11) is -3.44. The zero-order valence-corrected chi connectivity index (χ0v) is 12.6. The van der Waals surface area contributed by atoms with E-state index in [-0.39, 0.29) is 24.7 Å². The minimum Gasteiger partial charge on any atom is -0.388 e. The number of hydrogen-bond acceptors (Lipinski definition) is 3. The summed E-state index contributed by atoms with van der Waals surface area (Å²) >= 11 is 0. The van der Waals surface area contributed by atoms with Crippen LogP contribution in [0.25, 0.3) is 0 Å². The number of nitrogens with zero attached hydrogens (tertiary/aromatic N) is 2. The Balaban J connectivity index is 4.97. The van der Waals surface area contributed by atoms with E-state index in [4.69, 9.17) is 11.1 Å². The summed E-state index contributed by atoms with van der Waals surface area (Å²) in [5.74, 6) is 0.251. The van der Waals surface area contributed by atoms with Gasteiger partial charge in [-0.1, -0.05) is 27.7 Å². The van der Waals surface area contributed by atoms with Gasteiger partial charge in [0.25, 0.3) is 10.2 Å². The third-order valence-corrected chi connectivity index (χ3v) is 4.71. The molecule has 0 atom stereocenters. The largest absolute Gasteiger partial charge is 0.388 e. The molecule has 0 rings (SSSR count). The van der Waals surface area contributed by atoms with Gasteiger partial charge in [-0.2, -0.15) is 17.0 Å². The molecule has 0 aliphatic rings. The van der Waals surface area contributed by atoms with Crippen LogP contribution in [0.15, 0.2) is 0 Å². The first-order chi connectivity index (χ1) is 8.25. The fourth-order valence-corrected chi connectivity index (χ4v) is 3.45. The van der Waals surface area contributed by atoms with Gasteiger partial charge in [-0.15, -0.1) is 0 Å². The Morgan fingerprint density at radius 3 is 2.06 bits per heavy atom. The highest BCUT2D eigenvalue weighted by molar-refractivity contribution is 7.86. The molecule has 0 saturated carbocycles. The van der Waals surface area contributed by atoms with E-state index in [0.29, 0.717) is 19.6 Å². The van der Waals surface area contributed by atoms with E-state index in [1.807, 2.05) is 27.7 Å². The summed E-state index contributed by atoms with van der Waals surface area (Å²) in [6.07, 6.45) is 0.271. The molecule has 0 aliphatic carbocycles. The van der Waals surface area contributed by atoms with E-state index in [1.54, 1.807) is 0 Å². The summed E-state index contributed by atoms with van der Waals surface area (Å²) in [5, 5.41) is 7.21. The molecule has 0 bridgehead atoms. The van der Waals surface area contributed by atoms with Gasteiger partial charge in [0.1, 0.15) is 0 Å². The first-order valence-electron chi connectivity index (χ1n) is 6.33. The average Bonchev–Trinajstić information content (AvgIpc) is 2.24. The number of hydrogen-bond donors (Lipinski definition) is 2. The molecule has 18 heavy (non-hydrogen) atoms. The Morgan fingerprint density at radius 1 is 1.22 bits per heavy atom. The fraction of sp³-hybridized carbons (Fsp3) is 0.909. The lowest BCUT2D eigenvalue weighted by atomic mass is 10.2. The molecule has 0 fully saturated rings. The number of amidine groups is 1. The second-order valence-electron chi connectivity index (χ2n) is 4.62. The first-order valence-corrected chi connectivity index (χ1v) is 7.73. The minimum atomic E-state index is -3.44. The molecule has 0 aromatic rings. The minimum absolute atomic E-state index is 0.0125. The van der Waals surface area contributed by atoms with E-state index in [0.717, 1.165) is 0 Å². The van der Waals surface area contributed by atoms with Crippen molar-refractivity contribution in [3.8, 4) is 0 Å². The third kappa shape index (κ3) is 5.32. The second kappa shape index (κ2) is 7.70. The van der Waals surface area contributed by atoms with Crippen molar-refractivity contribution < 1.29 is 8.42 Å². The van der Waals surface area contributed by atoms with Crippen molar-refractivity contribution in [3.05, 3.63) is 0 Å². The van der Waals surface area contributed by atoms with E-state index in [9.17, 15) is 8.42 Å². The van der Waals surface area contributed by atoms with Crippen molar-refractivity contribution in [1.82, 2.24) is 8.61 Å². The molecular weight excluding hydrogens is 252 g/mol. The Kier molecular flexibility index (Phi) is 7.42. The SMILES string of the molecule is CCN(CC)S(=O)(=O)N(CCC(=N)N)CC(C)C. The number of rotatable bonds is 9. The van der Waals surface area contributed by atoms with Gasteiger partial charge >= 0.3 is 0 Å². The molecule has 0 aromatic carbocycles. The van der Waals surface area contributed by atoms with Crippen LogP contribution < -0.4 is 5.73 Å². The summed E-state index contributed by atoms with van der Waals surface area (Å²) < 4.78 is 27.6. The lowest BCUT2D eigenvalue weighted by Crippen LogP contribution is -2.46. The summed E-state index contributed by atoms with van der Waals surface area (Å²) in [5.41, 5.74) is 5.30. The quantitative estimate of drug-likeness (QED) is 0.484. The molecule has 0 aromatic heterocycles. The highest BCUT2D eigenvalue weighted by atomic mass is 32.2. The van der Waals surface area contributed by atoms with Crippen LogP contribution in [0.4, 0.5) is 0 Å². The van der Waals surface area contributed by atoms with E-state index < -0.39 is 10.2 Å². The van der Waals surface area contributed by atoms with Crippen molar-refractivity contribution in [2.45, 2.75) is 34.1 Å². The fourth-order valence-electron chi connectivity index (χ4n) is 1.67. The van der Waals surface area contributed by atoms with Gasteiger partial charge in [0, 0.05) is 32.6 Å². The topological polar surface area (TPSA) is 90.5 Å². The maximum absolute atomic E-state index is 12.4. The number of nitrogens with two attached hydrogens (primary N) is 1. The molecule has 0 aliphatic heterocycles. The van der Waals surface area contributed by atoms with Gasteiger partial charge in [-0.25, -0.2) is 0 Å². The van der Waals surface area contributed by atoms with Crippen LogP contribution in [0.5, 0.6) is 0 Å². The molecule has 108 valence electrons. The smallest absolute Gasteiger partial charge is 0.281 e. The zero-order chi connectivity index (χ0) is 14.3. The van der Waals surface area contributed by atoms with Crippen LogP contribution in [0.3, 0.4) is 0 Å². The molecule has 0 spiro atoms. The maximum atomic E-state index is 12.4. The molecule has 0 unspecified atom stereocenters. The van der Waals surface area contributed by atoms with E-state index in [1.165, 1.54) is 8.61 Å². The van der Waals surface area contributed by atoms with Gasteiger partial charge in [-0.3, -0.25) is 5.41 Å². The van der Waals surface area contributed by atoms with Crippen molar-refractivity contribution >= 4 is 16.0 Å². The van der Waals surface area contributed by atoms with Crippen molar-refractivity contribution in [3.63, 3.8) is 0 Å². The van der Waals surface area contributed by atoms with E-state index >= 15 is 0 Å². The van der Waals surface area contributed by atoms with Gasteiger partial charge in [0.05, 0.1) is 5.84 Å². The van der Waals surface area contributed by atoms with Crippen LogP contribution in [0.1, 0.15) is 34.1 Å². The predicted molar refractivity (Wildman–Crippen MR) is 74.8 cm³/mol. The van der Waals surface area contributed by atoms with Crippen LogP contribution in [0, 0.1) is 11.3 Å². The Labute approximate surface area is 111 Å². The van der Waals surface area contributed by atoms with Crippen molar-refractivity contribution in [1.29, 1.82) is 5.41 Å². The lowest BCUT2D eigenvalue weighted by Gasteiger charge is -2.29. The van der Waals surface area contributed by atoms with Gasteiger partial charge in [-0.05, 0) is 5.92 Å². The maximum Gasteiger partial charge on any atom is 0.281 e. The van der Waals surface area contributed by atoms with Crippen LogP contribution in [-0.2, 0) is 10.2 Å². The Bertz CT molecular complexity index is 350. The highest BCUT2D eigenvalue weighted by Crippen LogP contribution is 2.11. The Morgan fingerprint density at radius 2 is 1.72 bits per heavy atom. The molecule has 0 radical (unpaired) electrons. The van der Waals surface area contributed by atoms with Crippen molar-refractivity contribution in [2.24, 2.45) is 11.7 Å². The molecule has 0 amide bonds. The van der Waals surface area contributed by atoms with Crippen LogP contribution in [0.2, 0.25) is 0 Å². The summed E-state index contributed by atoms with van der Waals surface area (Å²) in [6.45, 7) is 9.20. The van der Waals surface area contributed by atoms with Crippen LogP contribution in [-0.4, -0.2) is 49.0 Å². The first kappa shape index (κ1) is 17.3. The van der Waals surface area contributed by atoms with E-state index in [2.05, 4.69) is 0 Å². The van der Waals surface area contributed by atoms with Gasteiger partial charge < -0.3 is 5.73 Å². The number of nitrogens with one attached hydrogen (secondary N) is 1. The summed E-state index contributed by atoms with van der Waals surface area (Å²) in [6, 6.07) is 0. The monoisotopic (exact) mass is 278 g/mol. The van der Waals surface area contributed by atoms with Gasteiger partial charge in [0.15, 0.2) is 0 Å². The normalized spacial score (nSPS) is 12.6. The molecule has 0 saturated heterocycles. The predicted octanol–water partition coefficient (Wildman–Crippen LogP) is 0.857. The standard InChI is InChI=1S/C11H26N4O2S/c1-5-14(6-2)18(16,17)15(9-10(3)4)8-7-11(12)13/h10H,5-9H2,1-4H3,(H3,12,13).